The zero-order valence-electron chi connectivity index (χ0n) is 13.7. The van der Waals surface area contributed by atoms with Crippen molar-refractivity contribution in [3.8, 4) is 11.1 Å². The molecule has 23 heavy (non-hydrogen) atoms. The van der Waals surface area contributed by atoms with Crippen LogP contribution >= 0.6 is 0 Å². The average molecular weight is 311 g/mol. The summed E-state index contributed by atoms with van der Waals surface area (Å²) in [5, 5.41) is 4.25. The molecule has 0 aliphatic carbocycles. The number of hydrogen-bond donors (Lipinski definition) is 0. The van der Waals surface area contributed by atoms with Gasteiger partial charge in [0.25, 0.3) is 5.56 Å². The highest BCUT2D eigenvalue weighted by Crippen LogP contribution is 2.13. The van der Waals surface area contributed by atoms with Crippen molar-refractivity contribution in [2.45, 2.75) is 38.6 Å². The smallest absolute Gasteiger partial charge is 0.274 e. The second-order valence-corrected chi connectivity index (χ2v) is 6.25. The minimum atomic E-state index is 0.00886. The highest BCUT2D eigenvalue weighted by molar-refractivity contribution is 5.61. The molecule has 0 unspecified atom stereocenters. The fourth-order valence-electron chi connectivity index (χ4n) is 3.25. The van der Waals surface area contributed by atoms with Crippen molar-refractivity contribution in [1.29, 1.82) is 0 Å². The van der Waals surface area contributed by atoms with Crippen molar-refractivity contribution in [2.24, 2.45) is 0 Å². The van der Waals surface area contributed by atoms with E-state index >= 15 is 0 Å². The quantitative estimate of drug-likeness (QED) is 0.851. The predicted octanol–water partition coefficient (Wildman–Crippen LogP) is 3.18. The van der Waals surface area contributed by atoms with Gasteiger partial charge in [-0.15, -0.1) is 0 Å². The fourth-order valence-corrected chi connectivity index (χ4v) is 3.25. The number of hydrogen-bond acceptors (Lipinski definition) is 3. The minimum Gasteiger partial charge on any atom is -0.303 e. The second-order valence-electron chi connectivity index (χ2n) is 6.25. The van der Waals surface area contributed by atoms with Crippen LogP contribution in [0.15, 0.2) is 47.4 Å². The molecule has 1 fully saturated rings. The number of likely N-dealkylation sites (tertiary alicyclic amines) is 1. The summed E-state index contributed by atoms with van der Waals surface area (Å²) >= 11 is 0. The van der Waals surface area contributed by atoms with Gasteiger partial charge in [-0.25, -0.2) is 4.68 Å². The van der Waals surface area contributed by atoms with Crippen LogP contribution in [0.4, 0.5) is 0 Å². The van der Waals surface area contributed by atoms with E-state index in [1.165, 1.54) is 38.8 Å². The lowest BCUT2D eigenvalue weighted by molar-refractivity contribution is 0.273. The van der Waals surface area contributed by atoms with Crippen LogP contribution in [0.25, 0.3) is 11.1 Å². The lowest BCUT2D eigenvalue weighted by Crippen LogP contribution is -2.29. The Bertz CT molecular complexity index is 658. The van der Waals surface area contributed by atoms with Gasteiger partial charge in [0, 0.05) is 12.7 Å². The Kier molecular flexibility index (Phi) is 5.59. The van der Waals surface area contributed by atoms with Gasteiger partial charge in [0.2, 0.25) is 0 Å². The van der Waals surface area contributed by atoms with Gasteiger partial charge in [0.1, 0.15) is 0 Å². The van der Waals surface area contributed by atoms with Crippen LogP contribution < -0.4 is 5.56 Å². The fraction of sp³-hybridized carbons (Fsp3) is 0.474. The average Bonchev–Trinajstić information content (AvgIpc) is 2.86. The second kappa shape index (κ2) is 8.06. The van der Waals surface area contributed by atoms with Gasteiger partial charge in [-0.1, -0.05) is 43.2 Å². The monoisotopic (exact) mass is 311 g/mol. The molecular formula is C19H25N3O. The van der Waals surface area contributed by atoms with E-state index in [0.29, 0.717) is 6.54 Å². The first-order chi connectivity index (χ1) is 11.3. The minimum absolute atomic E-state index is 0.00886. The predicted molar refractivity (Wildman–Crippen MR) is 93.5 cm³/mol. The summed E-state index contributed by atoms with van der Waals surface area (Å²) < 4.78 is 1.61. The summed E-state index contributed by atoms with van der Waals surface area (Å²) in [7, 11) is 0. The molecule has 0 N–H and O–H groups in total. The summed E-state index contributed by atoms with van der Waals surface area (Å²) in [5.74, 6) is 0. The van der Waals surface area contributed by atoms with Crippen LogP contribution in [-0.2, 0) is 6.54 Å². The summed E-state index contributed by atoms with van der Waals surface area (Å²) in [4.78, 5) is 15.1. The molecule has 0 spiro atoms. The zero-order chi connectivity index (χ0) is 15.9. The van der Waals surface area contributed by atoms with Crippen LogP contribution in [0, 0.1) is 0 Å². The van der Waals surface area contributed by atoms with E-state index in [9.17, 15) is 4.79 Å². The van der Waals surface area contributed by atoms with E-state index in [0.717, 1.165) is 24.1 Å². The van der Waals surface area contributed by atoms with E-state index in [2.05, 4.69) is 10.00 Å². The van der Waals surface area contributed by atoms with E-state index < -0.39 is 0 Å². The lowest BCUT2D eigenvalue weighted by Gasteiger charge is -2.19. The molecule has 0 radical (unpaired) electrons. The topological polar surface area (TPSA) is 38.1 Å². The first kappa shape index (κ1) is 15.9. The van der Waals surface area contributed by atoms with Gasteiger partial charge in [-0.3, -0.25) is 4.79 Å². The molecule has 0 atom stereocenters. The van der Waals surface area contributed by atoms with Crippen LogP contribution in [0.5, 0.6) is 0 Å². The molecule has 1 aromatic heterocycles. The molecule has 0 amide bonds. The maximum Gasteiger partial charge on any atom is 0.274 e. The Morgan fingerprint density at radius 2 is 1.65 bits per heavy atom. The summed E-state index contributed by atoms with van der Waals surface area (Å²) in [6.45, 7) is 4.15. The molecule has 2 heterocycles. The third kappa shape index (κ3) is 4.29. The van der Waals surface area contributed by atoms with Crippen molar-refractivity contribution >= 4 is 0 Å². The molecule has 4 nitrogen and oxygen atoms in total. The maximum atomic E-state index is 12.6. The van der Waals surface area contributed by atoms with Crippen molar-refractivity contribution in [3.05, 3.63) is 52.9 Å². The normalized spacial score (nSPS) is 16.2. The molecule has 122 valence electrons. The summed E-state index contributed by atoms with van der Waals surface area (Å²) in [6.07, 6.45) is 8.04. The highest BCUT2D eigenvalue weighted by Gasteiger charge is 2.10. The SMILES string of the molecule is O=c1c(-c2ccccc2)ccnn1CCCN1CCCCCC1. The Labute approximate surface area is 137 Å². The van der Waals surface area contributed by atoms with Gasteiger partial charge in [0.15, 0.2) is 0 Å². The van der Waals surface area contributed by atoms with Crippen molar-refractivity contribution in [1.82, 2.24) is 14.7 Å². The molecule has 0 bridgehead atoms. The van der Waals surface area contributed by atoms with Crippen LogP contribution in [0.2, 0.25) is 0 Å². The molecule has 4 heteroatoms. The molecule has 2 aromatic rings. The number of benzene rings is 1. The van der Waals surface area contributed by atoms with Crippen LogP contribution in [0.3, 0.4) is 0 Å². The van der Waals surface area contributed by atoms with Gasteiger partial charge in [-0.05, 0) is 50.5 Å². The van der Waals surface area contributed by atoms with Crippen LogP contribution in [0.1, 0.15) is 32.1 Å². The lowest BCUT2D eigenvalue weighted by atomic mass is 10.1. The number of aromatic nitrogens is 2. The molecule has 1 aromatic carbocycles. The summed E-state index contributed by atoms with van der Waals surface area (Å²) in [5.41, 5.74) is 1.70. The molecular weight excluding hydrogens is 286 g/mol. The number of aryl methyl sites for hydroxylation is 1. The van der Waals surface area contributed by atoms with Gasteiger partial charge < -0.3 is 4.90 Å². The Morgan fingerprint density at radius 1 is 0.913 bits per heavy atom. The van der Waals surface area contributed by atoms with Gasteiger partial charge >= 0.3 is 0 Å². The third-order valence-electron chi connectivity index (χ3n) is 4.54. The van der Waals surface area contributed by atoms with Crippen molar-refractivity contribution in [3.63, 3.8) is 0 Å². The summed E-state index contributed by atoms with van der Waals surface area (Å²) in [6, 6.07) is 11.6. The molecule has 1 saturated heterocycles. The Hall–Kier alpha value is -1.94. The Morgan fingerprint density at radius 3 is 2.39 bits per heavy atom. The molecule has 1 aliphatic rings. The largest absolute Gasteiger partial charge is 0.303 e. The van der Waals surface area contributed by atoms with E-state index in [4.69, 9.17) is 0 Å². The standard InChI is InChI=1S/C19H25N3O/c23-19-18(17-9-4-3-5-10-17)11-12-20-22(19)16-8-15-21-13-6-1-2-7-14-21/h3-5,9-12H,1-2,6-8,13-16H2. The van der Waals surface area contributed by atoms with Gasteiger partial charge in [-0.2, -0.15) is 5.10 Å². The maximum absolute atomic E-state index is 12.6. The molecule has 1 aliphatic heterocycles. The van der Waals surface area contributed by atoms with Crippen LogP contribution in [-0.4, -0.2) is 34.3 Å². The van der Waals surface area contributed by atoms with E-state index in [-0.39, 0.29) is 5.56 Å². The van der Waals surface area contributed by atoms with Crippen molar-refractivity contribution < 1.29 is 0 Å². The Balaban J connectivity index is 1.63. The van der Waals surface area contributed by atoms with E-state index in [1.807, 2.05) is 36.4 Å². The molecule has 3 rings (SSSR count). The first-order valence-electron chi connectivity index (χ1n) is 8.68. The molecule has 0 saturated carbocycles. The third-order valence-corrected chi connectivity index (χ3v) is 4.54. The van der Waals surface area contributed by atoms with E-state index in [1.54, 1.807) is 10.9 Å². The first-order valence-corrected chi connectivity index (χ1v) is 8.68. The zero-order valence-corrected chi connectivity index (χ0v) is 13.7. The van der Waals surface area contributed by atoms with Gasteiger partial charge in [0.05, 0.1) is 5.56 Å². The highest BCUT2D eigenvalue weighted by atomic mass is 16.1. The van der Waals surface area contributed by atoms with Crippen molar-refractivity contribution in [2.75, 3.05) is 19.6 Å². The number of rotatable bonds is 5. The number of nitrogens with zero attached hydrogens (tertiary/aromatic N) is 3.